The van der Waals surface area contributed by atoms with Gasteiger partial charge in [-0.2, -0.15) is 0 Å². The summed E-state index contributed by atoms with van der Waals surface area (Å²) < 4.78 is 26.7. The number of rotatable bonds is 5. The zero-order valence-electron chi connectivity index (χ0n) is 11.3. The highest BCUT2D eigenvalue weighted by Crippen LogP contribution is 2.17. The molecule has 19 heavy (non-hydrogen) atoms. The van der Waals surface area contributed by atoms with Crippen LogP contribution >= 0.6 is 0 Å². The van der Waals surface area contributed by atoms with Crippen LogP contribution in [0.2, 0.25) is 0 Å². The van der Waals surface area contributed by atoms with Crippen molar-refractivity contribution in [2.24, 2.45) is 0 Å². The van der Waals surface area contributed by atoms with Gasteiger partial charge in [-0.15, -0.1) is 0 Å². The number of nitrogens with two attached hydrogens (primary N) is 1. The SMILES string of the molecule is CC(C)N(C)CCNC(=O)c1cc(F)cc(N)c1F. The molecule has 0 spiro atoms. The van der Waals surface area contributed by atoms with Crippen LogP contribution in [0, 0.1) is 11.6 Å². The van der Waals surface area contributed by atoms with Crippen LogP contribution in [0.1, 0.15) is 24.2 Å². The second kappa shape index (κ2) is 6.47. The van der Waals surface area contributed by atoms with Crippen LogP contribution in [-0.2, 0) is 0 Å². The lowest BCUT2D eigenvalue weighted by Gasteiger charge is -2.20. The smallest absolute Gasteiger partial charge is 0.254 e. The first-order chi connectivity index (χ1) is 8.82. The molecule has 1 aromatic rings. The molecule has 4 nitrogen and oxygen atoms in total. The molecule has 1 aromatic carbocycles. The van der Waals surface area contributed by atoms with E-state index >= 15 is 0 Å². The number of nitrogen functional groups attached to an aromatic ring is 1. The van der Waals surface area contributed by atoms with Gasteiger partial charge in [-0.3, -0.25) is 4.79 Å². The highest BCUT2D eigenvalue weighted by Gasteiger charge is 2.16. The van der Waals surface area contributed by atoms with E-state index in [-0.39, 0.29) is 11.3 Å². The van der Waals surface area contributed by atoms with Crippen molar-refractivity contribution in [2.75, 3.05) is 25.9 Å². The van der Waals surface area contributed by atoms with Crippen LogP contribution < -0.4 is 11.1 Å². The van der Waals surface area contributed by atoms with Crippen molar-refractivity contribution >= 4 is 11.6 Å². The Hall–Kier alpha value is -1.69. The Balaban J connectivity index is 2.64. The minimum Gasteiger partial charge on any atom is -0.396 e. The zero-order valence-corrected chi connectivity index (χ0v) is 11.3. The molecule has 0 atom stereocenters. The Morgan fingerprint density at radius 3 is 2.63 bits per heavy atom. The van der Waals surface area contributed by atoms with Gasteiger partial charge >= 0.3 is 0 Å². The number of anilines is 1. The molecular formula is C13H19F2N3O. The monoisotopic (exact) mass is 271 g/mol. The number of hydrogen-bond donors (Lipinski definition) is 2. The van der Waals surface area contributed by atoms with Gasteiger partial charge in [0, 0.05) is 19.1 Å². The average molecular weight is 271 g/mol. The van der Waals surface area contributed by atoms with Gasteiger partial charge in [0.1, 0.15) is 5.82 Å². The van der Waals surface area contributed by atoms with Crippen LogP contribution in [0.5, 0.6) is 0 Å². The third-order valence-electron chi connectivity index (χ3n) is 2.94. The first-order valence-corrected chi connectivity index (χ1v) is 6.06. The van der Waals surface area contributed by atoms with Crippen molar-refractivity contribution in [2.45, 2.75) is 19.9 Å². The van der Waals surface area contributed by atoms with Crippen LogP contribution in [0.25, 0.3) is 0 Å². The summed E-state index contributed by atoms with van der Waals surface area (Å²) in [6, 6.07) is 2.03. The van der Waals surface area contributed by atoms with E-state index in [9.17, 15) is 13.6 Å². The lowest BCUT2D eigenvalue weighted by Crippen LogP contribution is -2.36. The summed E-state index contributed by atoms with van der Waals surface area (Å²) >= 11 is 0. The maximum atomic E-state index is 13.6. The second-order valence-electron chi connectivity index (χ2n) is 4.69. The Kier molecular flexibility index (Phi) is 5.23. The fourth-order valence-corrected chi connectivity index (χ4v) is 1.47. The summed E-state index contributed by atoms with van der Waals surface area (Å²) in [6.07, 6.45) is 0. The van der Waals surface area contributed by atoms with Crippen molar-refractivity contribution in [1.29, 1.82) is 0 Å². The number of carbonyl (C=O) groups is 1. The number of nitrogens with zero attached hydrogens (tertiary/aromatic N) is 1. The maximum absolute atomic E-state index is 13.6. The van der Waals surface area contributed by atoms with Crippen molar-refractivity contribution in [3.05, 3.63) is 29.3 Å². The fraction of sp³-hybridized carbons (Fsp3) is 0.462. The summed E-state index contributed by atoms with van der Waals surface area (Å²) in [6.45, 7) is 5.02. The standard InChI is InChI=1S/C13H19F2N3O/c1-8(2)18(3)5-4-17-13(19)10-6-9(14)7-11(16)12(10)15/h6-8H,4-5,16H2,1-3H3,(H,17,19). The topological polar surface area (TPSA) is 58.4 Å². The number of likely N-dealkylation sites (N-methyl/N-ethyl adjacent to an activating group) is 1. The van der Waals surface area contributed by atoms with Gasteiger partial charge < -0.3 is 16.0 Å². The van der Waals surface area contributed by atoms with E-state index in [1.54, 1.807) is 0 Å². The lowest BCUT2D eigenvalue weighted by atomic mass is 10.1. The third kappa shape index (κ3) is 4.17. The molecule has 1 amide bonds. The van der Waals surface area contributed by atoms with Crippen molar-refractivity contribution in [1.82, 2.24) is 10.2 Å². The van der Waals surface area contributed by atoms with E-state index in [4.69, 9.17) is 5.73 Å². The summed E-state index contributed by atoms with van der Waals surface area (Å²) in [5.74, 6) is -2.29. The second-order valence-corrected chi connectivity index (χ2v) is 4.69. The molecule has 1 rings (SSSR count). The van der Waals surface area contributed by atoms with E-state index in [1.807, 2.05) is 25.8 Å². The summed E-state index contributed by atoms with van der Waals surface area (Å²) in [5, 5.41) is 2.54. The fourth-order valence-electron chi connectivity index (χ4n) is 1.47. The van der Waals surface area contributed by atoms with Gasteiger partial charge in [-0.1, -0.05) is 0 Å². The number of nitrogens with one attached hydrogen (secondary N) is 1. The van der Waals surface area contributed by atoms with E-state index < -0.39 is 17.5 Å². The third-order valence-corrected chi connectivity index (χ3v) is 2.94. The Morgan fingerprint density at radius 2 is 2.05 bits per heavy atom. The van der Waals surface area contributed by atoms with Gasteiger partial charge in [0.25, 0.3) is 5.91 Å². The van der Waals surface area contributed by atoms with Crippen molar-refractivity contribution in [3.8, 4) is 0 Å². The zero-order chi connectivity index (χ0) is 14.6. The molecule has 0 aromatic heterocycles. The molecule has 0 saturated heterocycles. The van der Waals surface area contributed by atoms with Crippen molar-refractivity contribution < 1.29 is 13.6 Å². The number of carbonyl (C=O) groups excluding carboxylic acids is 1. The predicted octanol–water partition coefficient (Wildman–Crippen LogP) is 1.62. The minimum atomic E-state index is -0.892. The molecule has 0 aliphatic rings. The highest BCUT2D eigenvalue weighted by molar-refractivity contribution is 5.95. The average Bonchev–Trinajstić information content (AvgIpc) is 2.33. The highest BCUT2D eigenvalue weighted by atomic mass is 19.1. The Bertz CT molecular complexity index is 463. The van der Waals surface area contributed by atoms with Gasteiger partial charge in [-0.05, 0) is 33.0 Å². The Labute approximate surface area is 111 Å². The molecule has 0 aliphatic carbocycles. The van der Waals surface area contributed by atoms with Gasteiger partial charge in [-0.25, -0.2) is 8.78 Å². The van der Waals surface area contributed by atoms with Gasteiger partial charge in [0.15, 0.2) is 5.82 Å². The normalized spacial score (nSPS) is 11.1. The summed E-state index contributed by atoms with van der Waals surface area (Å²) in [5.41, 5.74) is 4.53. The van der Waals surface area contributed by atoms with E-state index in [0.29, 0.717) is 19.1 Å². The van der Waals surface area contributed by atoms with E-state index in [1.165, 1.54) is 0 Å². The molecular weight excluding hydrogens is 252 g/mol. The summed E-state index contributed by atoms with van der Waals surface area (Å²) in [4.78, 5) is 13.8. The molecule has 0 radical (unpaired) electrons. The van der Waals surface area contributed by atoms with Crippen LogP contribution in [0.4, 0.5) is 14.5 Å². The van der Waals surface area contributed by atoms with E-state index in [2.05, 4.69) is 5.32 Å². The molecule has 0 saturated carbocycles. The molecule has 3 N–H and O–H groups in total. The minimum absolute atomic E-state index is 0.346. The maximum Gasteiger partial charge on any atom is 0.254 e. The Morgan fingerprint density at radius 1 is 1.42 bits per heavy atom. The molecule has 0 aliphatic heterocycles. The lowest BCUT2D eigenvalue weighted by molar-refractivity contribution is 0.0943. The van der Waals surface area contributed by atoms with Crippen LogP contribution in [-0.4, -0.2) is 37.0 Å². The molecule has 0 heterocycles. The van der Waals surface area contributed by atoms with Crippen LogP contribution in [0.15, 0.2) is 12.1 Å². The molecule has 0 bridgehead atoms. The number of hydrogen-bond acceptors (Lipinski definition) is 3. The van der Waals surface area contributed by atoms with Gasteiger partial charge in [0.2, 0.25) is 0 Å². The number of halogens is 2. The first-order valence-electron chi connectivity index (χ1n) is 6.06. The molecule has 0 fully saturated rings. The van der Waals surface area contributed by atoms with E-state index in [0.717, 1.165) is 12.1 Å². The first kappa shape index (κ1) is 15.4. The molecule has 6 heteroatoms. The van der Waals surface area contributed by atoms with Crippen molar-refractivity contribution in [3.63, 3.8) is 0 Å². The number of benzene rings is 1. The molecule has 106 valence electrons. The quantitative estimate of drug-likeness (QED) is 0.800. The number of amides is 1. The largest absolute Gasteiger partial charge is 0.396 e. The summed E-state index contributed by atoms with van der Waals surface area (Å²) in [7, 11) is 1.91. The van der Waals surface area contributed by atoms with Crippen LogP contribution in [0.3, 0.4) is 0 Å². The predicted molar refractivity (Wildman–Crippen MR) is 70.9 cm³/mol. The van der Waals surface area contributed by atoms with Gasteiger partial charge in [0.05, 0.1) is 11.3 Å². The molecule has 0 unspecified atom stereocenters.